The van der Waals surface area contributed by atoms with Crippen LogP contribution in [0, 0.1) is 11.6 Å². The van der Waals surface area contributed by atoms with Gasteiger partial charge in [0.15, 0.2) is 11.6 Å². The number of methoxy groups -OCH3 is 1. The normalized spacial score (nSPS) is 13.6. The topological polar surface area (TPSA) is 78.5 Å². The molecule has 2 N–H and O–H groups in total. The lowest BCUT2D eigenvalue weighted by atomic mass is 9.96. The van der Waals surface area contributed by atoms with Crippen LogP contribution in [-0.4, -0.2) is 46.1 Å². The average molecular weight is 437 g/mol. The Hall–Kier alpha value is -3.52. The number of nitrogens with one attached hydrogen (secondary N) is 1. The first kappa shape index (κ1) is 20.4. The maximum atomic E-state index is 14.3. The second kappa shape index (κ2) is 7.87. The molecule has 0 fully saturated rings. The SMILES string of the molecule is COc1ccc(Cc2nc3c(c4c2[nH]c2ccc(F)cc24)CCN(C(=O)CO)C3)cc1F. The third kappa shape index (κ3) is 3.36. The number of fused-ring (bicyclic) bond motifs is 5. The number of ether oxygens (including phenoxy) is 1. The maximum Gasteiger partial charge on any atom is 0.248 e. The van der Waals surface area contributed by atoms with Crippen LogP contribution in [0.25, 0.3) is 21.8 Å². The van der Waals surface area contributed by atoms with E-state index in [0.717, 1.165) is 27.4 Å². The summed E-state index contributed by atoms with van der Waals surface area (Å²) in [5, 5.41) is 10.9. The predicted octanol–water partition coefficient (Wildman–Crippen LogP) is 3.47. The summed E-state index contributed by atoms with van der Waals surface area (Å²) in [6, 6.07) is 9.35. The number of carbonyl (C=O) groups is 1. The predicted molar refractivity (Wildman–Crippen MR) is 116 cm³/mol. The first-order valence-electron chi connectivity index (χ1n) is 10.3. The van der Waals surface area contributed by atoms with Gasteiger partial charge in [-0.1, -0.05) is 6.07 Å². The number of hydrogen-bond donors (Lipinski definition) is 2. The highest BCUT2D eigenvalue weighted by atomic mass is 19.1. The van der Waals surface area contributed by atoms with Crippen LogP contribution in [0.2, 0.25) is 0 Å². The van der Waals surface area contributed by atoms with E-state index in [1.807, 2.05) is 0 Å². The molecule has 0 bridgehead atoms. The second-order valence-electron chi connectivity index (χ2n) is 7.92. The number of hydrogen-bond acceptors (Lipinski definition) is 4. The molecule has 1 aliphatic rings. The Morgan fingerprint density at radius 1 is 1.25 bits per heavy atom. The number of benzene rings is 2. The summed E-state index contributed by atoms with van der Waals surface area (Å²) in [4.78, 5) is 21.8. The number of aromatic nitrogens is 2. The van der Waals surface area contributed by atoms with Crippen molar-refractivity contribution >= 4 is 27.7 Å². The Labute approximate surface area is 182 Å². The lowest BCUT2D eigenvalue weighted by molar-refractivity contribution is -0.135. The van der Waals surface area contributed by atoms with E-state index in [2.05, 4.69) is 4.98 Å². The van der Waals surface area contributed by atoms with Gasteiger partial charge in [0.1, 0.15) is 12.4 Å². The van der Waals surface area contributed by atoms with Crippen LogP contribution in [0.15, 0.2) is 36.4 Å². The number of amides is 1. The fraction of sp³-hybridized carbons (Fsp3) is 0.250. The molecule has 3 heterocycles. The molecule has 0 saturated heterocycles. The van der Waals surface area contributed by atoms with Crippen molar-refractivity contribution in [1.82, 2.24) is 14.9 Å². The maximum absolute atomic E-state index is 14.3. The van der Waals surface area contributed by atoms with E-state index in [0.29, 0.717) is 36.3 Å². The monoisotopic (exact) mass is 437 g/mol. The highest BCUT2D eigenvalue weighted by Gasteiger charge is 2.26. The summed E-state index contributed by atoms with van der Waals surface area (Å²) >= 11 is 0. The van der Waals surface area contributed by atoms with Gasteiger partial charge < -0.3 is 19.7 Å². The lowest BCUT2D eigenvalue weighted by Gasteiger charge is -2.28. The first-order valence-corrected chi connectivity index (χ1v) is 10.3. The van der Waals surface area contributed by atoms with Gasteiger partial charge in [0, 0.05) is 29.3 Å². The summed E-state index contributed by atoms with van der Waals surface area (Å²) < 4.78 is 33.4. The molecule has 0 unspecified atom stereocenters. The van der Waals surface area contributed by atoms with Crippen molar-refractivity contribution in [2.24, 2.45) is 0 Å². The van der Waals surface area contributed by atoms with Crippen molar-refractivity contribution in [3.05, 3.63) is 70.5 Å². The molecule has 0 atom stereocenters. The zero-order valence-electron chi connectivity index (χ0n) is 17.4. The number of carbonyl (C=O) groups excluding carboxylic acids is 1. The van der Waals surface area contributed by atoms with Crippen LogP contribution >= 0.6 is 0 Å². The van der Waals surface area contributed by atoms with Gasteiger partial charge in [0.05, 0.1) is 30.6 Å². The van der Waals surface area contributed by atoms with Crippen LogP contribution in [0.1, 0.15) is 22.5 Å². The smallest absolute Gasteiger partial charge is 0.248 e. The van der Waals surface area contributed by atoms with Gasteiger partial charge in [-0.2, -0.15) is 0 Å². The molecule has 2 aromatic carbocycles. The van der Waals surface area contributed by atoms with E-state index in [1.165, 1.54) is 25.3 Å². The van der Waals surface area contributed by atoms with E-state index < -0.39 is 12.4 Å². The Morgan fingerprint density at radius 3 is 2.84 bits per heavy atom. The summed E-state index contributed by atoms with van der Waals surface area (Å²) in [6.45, 7) is 0.151. The molecule has 0 saturated carbocycles. The highest BCUT2D eigenvalue weighted by Crippen LogP contribution is 2.35. The Bertz CT molecular complexity index is 1370. The molecule has 4 aromatic rings. The van der Waals surface area contributed by atoms with Gasteiger partial charge in [-0.05, 0) is 47.9 Å². The van der Waals surface area contributed by atoms with Crippen LogP contribution in [0.5, 0.6) is 5.75 Å². The zero-order valence-corrected chi connectivity index (χ0v) is 17.4. The molecule has 2 aromatic heterocycles. The van der Waals surface area contributed by atoms with Crippen molar-refractivity contribution < 1.29 is 23.4 Å². The quantitative estimate of drug-likeness (QED) is 0.513. The Morgan fingerprint density at radius 2 is 2.09 bits per heavy atom. The third-order valence-electron chi connectivity index (χ3n) is 6.02. The summed E-state index contributed by atoms with van der Waals surface area (Å²) in [6.07, 6.45) is 0.888. The molecule has 32 heavy (non-hydrogen) atoms. The minimum absolute atomic E-state index is 0.163. The molecular weight excluding hydrogens is 416 g/mol. The van der Waals surface area contributed by atoms with Gasteiger partial charge in [-0.25, -0.2) is 8.78 Å². The summed E-state index contributed by atoms with van der Waals surface area (Å²) in [7, 11) is 1.41. The third-order valence-corrected chi connectivity index (χ3v) is 6.02. The molecule has 8 heteroatoms. The average Bonchev–Trinajstić information content (AvgIpc) is 3.17. The van der Waals surface area contributed by atoms with Crippen LogP contribution in [-0.2, 0) is 24.2 Å². The van der Waals surface area contributed by atoms with Gasteiger partial charge in [-0.15, -0.1) is 0 Å². The second-order valence-corrected chi connectivity index (χ2v) is 7.92. The van der Waals surface area contributed by atoms with Crippen LogP contribution < -0.4 is 4.74 Å². The number of H-pyrrole nitrogens is 1. The van der Waals surface area contributed by atoms with Crippen molar-refractivity contribution in [1.29, 1.82) is 0 Å². The van der Waals surface area contributed by atoms with E-state index in [-0.39, 0.29) is 24.0 Å². The molecule has 1 aliphatic heterocycles. The van der Waals surface area contributed by atoms with E-state index in [4.69, 9.17) is 9.72 Å². The minimum Gasteiger partial charge on any atom is -0.494 e. The molecule has 0 radical (unpaired) electrons. The first-order chi connectivity index (χ1) is 15.5. The Kier molecular flexibility index (Phi) is 5.01. The van der Waals surface area contributed by atoms with E-state index >= 15 is 0 Å². The summed E-state index contributed by atoms with van der Waals surface area (Å²) in [5.74, 6) is -0.994. The molecule has 164 valence electrons. The molecular formula is C24H21F2N3O3. The number of aromatic amines is 1. The molecule has 0 aliphatic carbocycles. The Balaban J connectivity index is 1.69. The van der Waals surface area contributed by atoms with Crippen molar-refractivity contribution in [2.75, 3.05) is 20.3 Å². The van der Waals surface area contributed by atoms with Crippen molar-refractivity contribution in [3.63, 3.8) is 0 Å². The minimum atomic E-state index is -0.562. The number of aliphatic hydroxyl groups is 1. The number of rotatable bonds is 4. The van der Waals surface area contributed by atoms with Gasteiger partial charge >= 0.3 is 0 Å². The van der Waals surface area contributed by atoms with E-state index in [1.54, 1.807) is 23.1 Å². The van der Waals surface area contributed by atoms with Crippen LogP contribution in [0.3, 0.4) is 0 Å². The molecule has 6 nitrogen and oxygen atoms in total. The van der Waals surface area contributed by atoms with Gasteiger partial charge in [0.2, 0.25) is 5.91 Å². The van der Waals surface area contributed by atoms with E-state index in [9.17, 15) is 18.7 Å². The fourth-order valence-electron chi connectivity index (χ4n) is 4.49. The fourth-order valence-corrected chi connectivity index (χ4v) is 4.49. The largest absolute Gasteiger partial charge is 0.494 e. The number of halogens is 2. The van der Waals surface area contributed by atoms with Crippen LogP contribution in [0.4, 0.5) is 8.78 Å². The molecule has 0 spiro atoms. The lowest BCUT2D eigenvalue weighted by Crippen LogP contribution is -2.38. The number of aliphatic hydroxyl groups excluding tert-OH is 1. The van der Waals surface area contributed by atoms with Crippen molar-refractivity contribution in [3.8, 4) is 5.75 Å². The van der Waals surface area contributed by atoms with Gasteiger partial charge in [-0.3, -0.25) is 9.78 Å². The highest BCUT2D eigenvalue weighted by molar-refractivity contribution is 6.10. The van der Waals surface area contributed by atoms with Gasteiger partial charge in [0.25, 0.3) is 0 Å². The summed E-state index contributed by atoms with van der Waals surface area (Å²) in [5.41, 5.74) is 4.62. The number of nitrogens with zero attached hydrogens (tertiary/aromatic N) is 2. The molecule has 1 amide bonds. The standard InChI is InChI=1S/C24H21F2N3O3/c1-32-21-5-2-13(8-17(21)26)9-19-24-23(16-10-14(25)3-4-18(16)28-24)15-6-7-29(22(31)12-30)11-20(15)27-19/h2-5,8,10,28,30H,6-7,9,11-12H2,1H3. The van der Waals surface area contributed by atoms with Crippen molar-refractivity contribution in [2.45, 2.75) is 19.4 Å². The molecule has 5 rings (SSSR count). The number of pyridine rings is 1. The zero-order chi connectivity index (χ0) is 22.4.